The lowest BCUT2D eigenvalue weighted by atomic mass is 9.96. The smallest absolute Gasteiger partial charge is 0.227 e. The Balaban J connectivity index is 2.17. The van der Waals surface area contributed by atoms with Gasteiger partial charge in [0.1, 0.15) is 0 Å². The van der Waals surface area contributed by atoms with Gasteiger partial charge in [0.2, 0.25) is 11.8 Å². The van der Waals surface area contributed by atoms with Crippen molar-refractivity contribution in [1.82, 2.24) is 5.43 Å². The van der Waals surface area contributed by atoms with Crippen LogP contribution in [0.1, 0.15) is 29.5 Å². The quantitative estimate of drug-likeness (QED) is 0.483. The zero-order valence-corrected chi connectivity index (χ0v) is 14.2. The highest BCUT2D eigenvalue weighted by molar-refractivity contribution is 6.01. The first kappa shape index (κ1) is 17.5. The number of primary amides is 1. The van der Waals surface area contributed by atoms with Gasteiger partial charge in [-0.25, -0.2) is 0 Å². The van der Waals surface area contributed by atoms with Gasteiger partial charge < -0.3 is 21.8 Å². The molecule has 0 aliphatic carbocycles. The first-order valence-corrected chi connectivity index (χ1v) is 8.25. The van der Waals surface area contributed by atoms with Gasteiger partial charge >= 0.3 is 0 Å². The summed E-state index contributed by atoms with van der Waals surface area (Å²) in [7, 11) is 0. The summed E-state index contributed by atoms with van der Waals surface area (Å²) in [6, 6.07) is 14.9. The van der Waals surface area contributed by atoms with E-state index in [2.05, 4.69) is 5.43 Å². The second-order valence-electron chi connectivity index (χ2n) is 6.05. The molecule has 2 amide bonds. The minimum absolute atomic E-state index is 0.0000735. The van der Waals surface area contributed by atoms with Crippen LogP contribution in [0.4, 0.5) is 5.69 Å². The van der Waals surface area contributed by atoms with Gasteiger partial charge in [0, 0.05) is 24.0 Å². The Morgan fingerprint density at radius 2 is 1.65 bits per heavy atom. The minimum atomic E-state index is -0.506. The predicted molar refractivity (Wildman–Crippen MR) is 101 cm³/mol. The van der Waals surface area contributed by atoms with E-state index in [-0.39, 0.29) is 18.7 Å². The summed E-state index contributed by atoms with van der Waals surface area (Å²) < 4.78 is 0. The largest absolute Gasteiger partial charge is 0.396 e. The van der Waals surface area contributed by atoms with Crippen LogP contribution in [0.5, 0.6) is 0 Å². The lowest BCUT2D eigenvalue weighted by Gasteiger charge is -2.30. The van der Waals surface area contributed by atoms with Crippen LogP contribution in [0.2, 0.25) is 0 Å². The molecule has 0 aromatic heterocycles. The number of benzene rings is 2. The normalized spacial score (nSPS) is 16.1. The highest BCUT2D eigenvalue weighted by Crippen LogP contribution is 2.34. The van der Waals surface area contributed by atoms with Gasteiger partial charge in [-0.05, 0) is 11.6 Å². The summed E-state index contributed by atoms with van der Waals surface area (Å²) >= 11 is 0. The lowest BCUT2D eigenvalue weighted by molar-refractivity contribution is -0.123. The van der Waals surface area contributed by atoms with E-state index in [1.54, 1.807) is 4.90 Å². The van der Waals surface area contributed by atoms with Gasteiger partial charge in [0.25, 0.3) is 0 Å². The maximum atomic E-state index is 12.8. The Kier molecular flexibility index (Phi) is 4.90. The Morgan fingerprint density at radius 1 is 1.00 bits per heavy atom. The van der Waals surface area contributed by atoms with Crippen LogP contribution in [-0.2, 0) is 16.1 Å². The third-order valence-electron chi connectivity index (χ3n) is 4.40. The van der Waals surface area contributed by atoms with Crippen molar-refractivity contribution < 1.29 is 9.59 Å². The number of nitrogens with one attached hydrogen (secondary N) is 1. The monoisotopic (exact) mass is 351 g/mol. The first-order chi connectivity index (χ1) is 12.5. The van der Waals surface area contributed by atoms with Crippen LogP contribution in [0.25, 0.3) is 11.4 Å². The fourth-order valence-electron chi connectivity index (χ4n) is 3.12. The molecule has 1 aliphatic rings. The standard InChI is InChI=1S/C19H21N5O2/c20-16(25)9-10-17(26)24-11-12-5-1-2-6-13(12)19(23-22)18(21)14-7-3-4-8-15(14)24/h1-8,23H,9-11,21-22H2,(H2,20,25)/b19-18-. The molecule has 0 saturated heterocycles. The van der Waals surface area contributed by atoms with Crippen molar-refractivity contribution in [3.05, 3.63) is 65.2 Å². The van der Waals surface area contributed by atoms with E-state index in [0.717, 1.165) is 11.1 Å². The summed E-state index contributed by atoms with van der Waals surface area (Å²) in [5.41, 5.74) is 18.4. The second kappa shape index (κ2) is 7.28. The molecule has 2 aromatic rings. The fourth-order valence-corrected chi connectivity index (χ4v) is 3.12. The number of carbonyl (C=O) groups excluding carboxylic acids is 2. The molecule has 1 aliphatic heterocycles. The van der Waals surface area contributed by atoms with Gasteiger partial charge in [-0.2, -0.15) is 0 Å². The summed E-state index contributed by atoms with van der Waals surface area (Å²) in [6.45, 7) is 0.337. The first-order valence-electron chi connectivity index (χ1n) is 8.25. The molecule has 3 rings (SSSR count). The average Bonchev–Trinajstić information content (AvgIpc) is 2.64. The Morgan fingerprint density at radius 3 is 2.35 bits per heavy atom. The molecule has 0 spiro atoms. The van der Waals surface area contributed by atoms with E-state index in [1.807, 2.05) is 48.5 Å². The minimum Gasteiger partial charge on any atom is -0.396 e. The molecule has 0 atom stereocenters. The van der Waals surface area contributed by atoms with Crippen molar-refractivity contribution in [3.8, 4) is 0 Å². The molecule has 0 saturated carbocycles. The molecule has 134 valence electrons. The third kappa shape index (κ3) is 3.25. The van der Waals surface area contributed by atoms with Crippen LogP contribution in [0, 0.1) is 0 Å². The highest BCUT2D eigenvalue weighted by atomic mass is 16.2. The average molecular weight is 351 g/mol. The van der Waals surface area contributed by atoms with Gasteiger partial charge in [-0.1, -0.05) is 42.5 Å². The Bertz CT molecular complexity index is 891. The molecular formula is C19H21N5O2. The topological polar surface area (TPSA) is 127 Å². The summed E-state index contributed by atoms with van der Waals surface area (Å²) in [5.74, 6) is 5.04. The van der Waals surface area contributed by atoms with E-state index in [1.165, 1.54) is 0 Å². The number of hydrazine groups is 1. The van der Waals surface area contributed by atoms with Crippen molar-refractivity contribution in [2.75, 3.05) is 4.90 Å². The molecule has 1 heterocycles. The zero-order chi connectivity index (χ0) is 18.7. The number of anilines is 1. The molecule has 0 bridgehead atoms. The second-order valence-corrected chi connectivity index (χ2v) is 6.05. The fraction of sp³-hybridized carbons (Fsp3) is 0.158. The molecule has 0 fully saturated rings. The Labute approximate surface area is 151 Å². The number of amides is 2. The lowest BCUT2D eigenvalue weighted by Crippen LogP contribution is -2.34. The maximum Gasteiger partial charge on any atom is 0.227 e. The van der Waals surface area contributed by atoms with E-state index >= 15 is 0 Å². The molecule has 2 aromatic carbocycles. The number of hydrogen-bond donors (Lipinski definition) is 4. The number of hydrogen-bond acceptors (Lipinski definition) is 5. The number of rotatable bonds is 4. The molecule has 7 heteroatoms. The van der Waals surface area contributed by atoms with Crippen molar-refractivity contribution in [2.24, 2.45) is 17.3 Å². The van der Waals surface area contributed by atoms with E-state index in [4.69, 9.17) is 17.3 Å². The van der Waals surface area contributed by atoms with E-state index in [0.29, 0.717) is 29.2 Å². The van der Waals surface area contributed by atoms with E-state index in [9.17, 15) is 9.59 Å². The van der Waals surface area contributed by atoms with Crippen LogP contribution >= 0.6 is 0 Å². The van der Waals surface area contributed by atoms with Crippen LogP contribution in [0.15, 0.2) is 48.5 Å². The summed E-state index contributed by atoms with van der Waals surface area (Å²) in [6.07, 6.45) is 0.0392. The van der Waals surface area contributed by atoms with Crippen LogP contribution in [-0.4, -0.2) is 11.8 Å². The number of carbonyl (C=O) groups is 2. The molecule has 0 unspecified atom stereocenters. The molecule has 7 N–H and O–H groups in total. The van der Waals surface area contributed by atoms with Crippen molar-refractivity contribution in [1.29, 1.82) is 0 Å². The Hall–Kier alpha value is -3.32. The number of para-hydroxylation sites is 1. The van der Waals surface area contributed by atoms with Crippen LogP contribution in [0.3, 0.4) is 0 Å². The van der Waals surface area contributed by atoms with Crippen LogP contribution < -0.4 is 27.6 Å². The van der Waals surface area contributed by atoms with Gasteiger partial charge in [0.05, 0.1) is 23.6 Å². The zero-order valence-electron chi connectivity index (χ0n) is 14.2. The van der Waals surface area contributed by atoms with Crippen molar-refractivity contribution in [2.45, 2.75) is 19.4 Å². The summed E-state index contributed by atoms with van der Waals surface area (Å²) in [4.78, 5) is 25.5. The molecular weight excluding hydrogens is 330 g/mol. The summed E-state index contributed by atoms with van der Waals surface area (Å²) in [5, 5.41) is 0. The highest BCUT2D eigenvalue weighted by Gasteiger charge is 2.25. The SMILES string of the molecule is NN/C1=C(\N)c2ccccc2N(C(=O)CCC(N)=O)Cc2ccccc21. The van der Waals surface area contributed by atoms with Gasteiger partial charge in [-0.15, -0.1) is 0 Å². The molecule has 7 nitrogen and oxygen atoms in total. The van der Waals surface area contributed by atoms with Crippen molar-refractivity contribution in [3.63, 3.8) is 0 Å². The molecule has 26 heavy (non-hydrogen) atoms. The van der Waals surface area contributed by atoms with Crippen molar-refractivity contribution >= 4 is 28.9 Å². The number of nitrogens with two attached hydrogens (primary N) is 3. The van der Waals surface area contributed by atoms with Gasteiger partial charge in [0.15, 0.2) is 0 Å². The maximum absolute atomic E-state index is 12.8. The number of nitrogens with zero attached hydrogens (tertiary/aromatic N) is 1. The van der Waals surface area contributed by atoms with E-state index < -0.39 is 5.91 Å². The number of fused-ring (bicyclic) bond motifs is 2. The molecule has 0 radical (unpaired) electrons. The van der Waals surface area contributed by atoms with Gasteiger partial charge in [-0.3, -0.25) is 15.4 Å². The third-order valence-corrected chi connectivity index (χ3v) is 4.40. The predicted octanol–water partition coefficient (Wildman–Crippen LogP) is 1.05.